The molecule has 1 aliphatic carbocycles. The van der Waals surface area contributed by atoms with Gasteiger partial charge in [0.15, 0.2) is 6.79 Å². The molecule has 9 heteroatoms. The fourth-order valence-electron chi connectivity index (χ4n) is 4.85. The molecular formula is C31H40NO7P. The topological polar surface area (TPSA) is 95.5 Å². The Morgan fingerprint density at radius 3 is 2.38 bits per heavy atom. The van der Waals surface area contributed by atoms with Crippen molar-refractivity contribution in [3.05, 3.63) is 90.5 Å². The molecule has 8 nitrogen and oxygen atoms in total. The number of hydrogen-bond donors (Lipinski definition) is 2. The number of para-hydroxylation sites is 1. The minimum atomic E-state index is -3.77. The number of ether oxygens (including phenoxy) is 3. The zero-order valence-electron chi connectivity index (χ0n) is 23.2. The zero-order valence-corrected chi connectivity index (χ0v) is 24.1. The average Bonchev–Trinajstić information content (AvgIpc) is 2.97. The molecular weight excluding hydrogens is 529 g/mol. The standard InChI is InChI=1S/C31H40NO7P/c1-3-37-40(34,38-24-36-27-14-8-5-9-15-27)31(32-22-25(2)33)19-11-18-30(21-31)39-29-17-10-16-28(20-29)35-23-26-12-6-4-7-13-26/h4-10,12-17,20,25,30,32-33H,3,11,18-19,21-24H2,1-2H3. The van der Waals surface area contributed by atoms with Gasteiger partial charge in [0.25, 0.3) is 0 Å². The van der Waals surface area contributed by atoms with E-state index in [9.17, 15) is 9.67 Å². The summed E-state index contributed by atoms with van der Waals surface area (Å²) >= 11 is 0. The highest BCUT2D eigenvalue weighted by molar-refractivity contribution is 7.55. The summed E-state index contributed by atoms with van der Waals surface area (Å²) in [6.45, 7) is 4.13. The van der Waals surface area contributed by atoms with E-state index in [0.717, 1.165) is 18.4 Å². The summed E-state index contributed by atoms with van der Waals surface area (Å²) in [5.74, 6) is 1.98. The molecule has 216 valence electrons. The predicted octanol–water partition coefficient (Wildman–Crippen LogP) is 6.54. The van der Waals surface area contributed by atoms with Crippen LogP contribution in [0.2, 0.25) is 0 Å². The molecule has 3 aromatic rings. The molecule has 3 aromatic carbocycles. The van der Waals surface area contributed by atoms with Crippen molar-refractivity contribution in [2.75, 3.05) is 19.9 Å². The van der Waals surface area contributed by atoms with Gasteiger partial charge in [0.05, 0.1) is 12.7 Å². The molecule has 1 saturated carbocycles. The van der Waals surface area contributed by atoms with Gasteiger partial charge in [-0.2, -0.15) is 0 Å². The van der Waals surface area contributed by atoms with E-state index in [1.807, 2.05) is 72.8 Å². The molecule has 0 radical (unpaired) electrons. The predicted molar refractivity (Wildman–Crippen MR) is 155 cm³/mol. The van der Waals surface area contributed by atoms with E-state index in [1.54, 1.807) is 26.0 Å². The van der Waals surface area contributed by atoms with Gasteiger partial charge in [0, 0.05) is 19.0 Å². The first-order valence-electron chi connectivity index (χ1n) is 13.8. The molecule has 0 spiro atoms. The Hall–Kier alpha value is -2.87. The highest BCUT2D eigenvalue weighted by Gasteiger charge is 2.54. The molecule has 0 heterocycles. The third kappa shape index (κ3) is 8.32. The highest BCUT2D eigenvalue weighted by Crippen LogP contribution is 2.64. The van der Waals surface area contributed by atoms with Crippen LogP contribution in [0.4, 0.5) is 0 Å². The summed E-state index contributed by atoms with van der Waals surface area (Å²) in [6.07, 6.45) is 1.53. The second-order valence-corrected chi connectivity index (χ2v) is 12.3. The van der Waals surface area contributed by atoms with Crippen molar-refractivity contribution in [3.63, 3.8) is 0 Å². The monoisotopic (exact) mass is 569 g/mol. The number of aliphatic hydroxyl groups excluding tert-OH is 1. The maximum atomic E-state index is 14.4. The van der Waals surface area contributed by atoms with Crippen LogP contribution in [0, 0.1) is 0 Å². The van der Waals surface area contributed by atoms with Gasteiger partial charge in [-0.1, -0.05) is 54.6 Å². The van der Waals surface area contributed by atoms with E-state index >= 15 is 0 Å². The third-order valence-corrected chi connectivity index (χ3v) is 9.44. The molecule has 1 aliphatic rings. The van der Waals surface area contributed by atoms with Crippen LogP contribution in [-0.2, 0) is 20.2 Å². The Bertz CT molecular complexity index is 1210. The van der Waals surface area contributed by atoms with Gasteiger partial charge in [0.2, 0.25) is 0 Å². The van der Waals surface area contributed by atoms with Crippen molar-refractivity contribution in [3.8, 4) is 17.2 Å². The molecule has 1 fully saturated rings. The minimum Gasteiger partial charge on any atom is -0.490 e. The first kappa shape index (κ1) is 30.1. The van der Waals surface area contributed by atoms with Crippen molar-refractivity contribution < 1.29 is 32.9 Å². The summed E-state index contributed by atoms with van der Waals surface area (Å²) in [4.78, 5) is 0. The molecule has 40 heavy (non-hydrogen) atoms. The lowest BCUT2D eigenvalue weighted by atomic mass is 9.91. The molecule has 0 saturated heterocycles. The molecule has 0 aromatic heterocycles. The minimum absolute atomic E-state index is 0.201. The lowest BCUT2D eigenvalue weighted by Crippen LogP contribution is -2.53. The van der Waals surface area contributed by atoms with Crippen molar-refractivity contribution in [2.45, 2.75) is 63.6 Å². The van der Waals surface area contributed by atoms with Crippen LogP contribution >= 0.6 is 7.60 Å². The van der Waals surface area contributed by atoms with Crippen molar-refractivity contribution in [1.82, 2.24) is 5.32 Å². The van der Waals surface area contributed by atoms with Crippen LogP contribution in [0.1, 0.15) is 45.1 Å². The fraction of sp³-hybridized carbons (Fsp3) is 0.419. The maximum Gasteiger partial charge on any atom is 0.353 e. The van der Waals surface area contributed by atoms with Crippen LogP contribution in [0.15, 0.2) is 84.9 Å². The SMILES string of the molecule is CCOP(=O)(OCOc1ccccc1)C1(NCC(C)O)CCCC(Oc2cccc(OCc3ccccc3)c2)C1. The second kappa shape index (κ2) is 14.7. The summed E-state index contributed by atoms with van der Waals surface area (Å²) in [5, 5.41) is 12.4. The molecule has 4 rings (SSSR count). The molecule has 4 unspecified atom stereocenters. The fourth-order valence-corrected chi connectivity index (χ4v) is 7.10. The summed E-state index contributed by atoms with van der Waals surface area (Å²) in [5.41, 5.74) is 1.08. The van der Waals surface area contributed by atoms with Crippen molar-refractivity contribution in [2.24, 2.45) is 0 Å². The number of rotatable bonds is 15. The number of benzene rings is 3. The van der Waals surface area contributed by atoms with Crippen LogP contribution < -0.4 is 19.5 Å². The largest absolute Gasteiger partial charge is 0.490 e. The summed E-state index contributed by atoms with van der Waals surface area (Å²) in [7, 11) is -3.77. The summed E-state index contributed by atoms with van der Waals surface area (Å²) < 4.78 is 44.3. The van der Waals surface area contributed by atoms with Gasteiger partial charge in [-0.15, -0.1) is 0 Å². The molecule has 0 aliphatic heterocycles. The number of aliphatic hydroxyl groups is 1. The van der Waals surface area contributed by atoms with E-state index in [0.29, 0.717) is 36.7 Å². The van der Waals surface area contributed by atoms with E-state index in [4.69, 9.17) is 23.3 Å². The lowest BCUT2D eigenvalue weighted by molar-refractivity contribution is 0.0563. The Balaban J connectivity index is 1.47. The maximum absolute atomic E-state index is 14.4. The Labute approximate surface area is 237 Å². The van der Waals surface area contributed by atoms with Crippen LogP contribution in [0.5, 0.6) is 17.2 Å². The Morgan fingerprint density at radius 2 is 1.65 bits per heavy atom. The third-order valence-electron chi connectivity index (χ3n) is 6.78. The van der Waals surface area contributed by atoms with Gasteiger partial charge in [-0.05, 0) is 62.9 Å². The molecule has 0 amide bonds. The Kier molecular flexibility index (Phi) is 11.0. The zero-order chi connectivity index (χ0) is 28.3. The summed E-state index contributed by atoms with van der Waals surface area (Å²) in [6, 6.07) is 26.7. The second-order valence-electron chi connectivity index (χ2n) is 9.97. The Morgan fingerprint density at radius 1 is 0.950 bits per heavy atom. The van der Waals surface area contributed by atoms with Crippen molar-refractivity contribution in [1.29, 1.82) is 0 Å². The van der Waals surface area contributed by atoms with Crippen LogP contribution in [0.3, 0.4) is 0 Å². The smallest absolute Gasteiger partial charge is 0.353 e. The highest BCUT2D eigenvalue weighted by atomic mass is 31.2. The first-order chi connectivity index (χ1) is 19.4. The van der Waals surface area contributed by atoms with Gasteiger partial charge >= 0.3 is 7.60 Å². The van der Waals surface area contributed by atoms with E-state index < -0.39 is 19.0 Å². The quantitative estimate of drug-likeness (QED) is 0.157. The average molecular weight is 570 g/mol. The van der Waals surface area contributed by atoms with E-state index in [2.05, 4.69) is 5.32 Å². The van der Waals surface area contributed by atoms with E-state index in [-0.39, 0.29) is 26.0 Å². The van der Waals surface area contributed by atoms with Gasteiger partial charge in [-0.25, -0.2) is 0 Å². The lowest BCUT2D eigenvalue weighted by Gasteiger charge is -2.44. The molecule has 0 bridgehead atoms. The van der Waals surface area contributed by atoms with Gasteiger partial charge in [0.1, 0.15) is 35.2 Å². The van der Waals surface area contributed by atoms with Gasteiger partial charge in [-0.3, -0.25) is 14.4 Å². The molecule has 4 atom stereocenters. The van der Waals surface area contributed by atoms with E-state index in [1.165, 1.54) is 0 Å². The molecule has 2 N–H and O–H groups in total. The normalized spacial score (nSPS) is 21.2. The number of nitrogens with one attached hydrogen (secondary N) is 1. The van der Waals surface area contributed by atoms with Crippen LogP contribution in [-0.4, -0.2) is 42.5 Å². The number of hydrogen-bond acceptors (Lipinski definition) is 8. The first-order valence-corrected chi connectivity index (χ1v) is 15.4. The van der Waals surface area contributed by atoms with Gasteiger partial charge < -0.3 is 23.8 Å². The van der Waals surface area contributed by atoms with Crippen LogP contribution in [0.25, 0.3) is 0 Å². The van der Waals surface area contributed by atoms with Crippen molar-refractivity contribution >= 4 is 7.60 Å².